The molecular weight excluding hydrogens is 390 g/mol. The normalized spacial score (nSPS) is 19.9. The maximum Gasteiger partial charge on any atom is 0.309 e. The molecule has 0 unspecified atom stereocenters. The van der Waals surface area contributed by atoms with Gasteiger partial charge >= 0.3 is 5.97 Å². The Morgan fingerprint density at radius 2 is 2.03 bits per heavy atom. The number of nitrogens with zero attached hydrogens (tertiary/aromatic N) is 3. The summed E-state index contributed by atoms with van der Waals surface area (Å²) < 4.78 is 6.52. The molecule has 4 rings (SSSR count). The van der Waals surface area contributed by atoms with Crippen LogP contribution in [-0.4, -0.2) is 46.0 Å². The highest BCUT2D eigenvalue weighted by Gasteiger charge is 2.29. The zero-order chi connectivity index (χ0) is 20.5. The highest BCUT2D eigenvalue weighted by atomic mass is 32.1. The Bertz CT molecular complexity index is 988. The second-order valence-electron chi connectivity index (χ2n) is 8.12. The number of aromatic nitrogens is 2. The van der Waals surface area contributed by atoms with Crippen LogP contribution in [0.3, 0.4) is 0 Å². The van der Waals surface area contributed by atoms with Crippen molar-refractivity contribution >= 4 is 33.4 Å². The summed E-state index contributed by atoms with van der Waals surface area (Å²) in [6.45, 7) is 5.43. The van der Waals surface area contributed by atoms with Crippen molar-refractivity contribution in [2.24, 2.45) is 11.8 Å². The van der Waals surface area contributed by atoms with E-state index in [1.54, 1.807) is 23.2 Å². The Kier molecular flexibility index (Phi) is 5.72. The third-order valence-electron chi connectivity index (χ3n) is 6.06. The molecule has 0 aromatic carbocycles. The lowest BCUT2D eigenvalue weighted by Crippen LogP contribution is -2.43. The second-order valence-corrected chi connectivity index (χ2v) is 9.20. The van der Waals surface area contributed by atoms with Crippen molar-refractivity contribution in [3.63, 3.8) is 0 Å². The van der Waals surface area contributed by atoms with E-state index in [0.717, 1.165) is 29.7 Å². The van der Waals surface area contributed by atoms with Gasteiger partial charge in [0.1, 0.15) is 11.4 Å². The Hall–Kier alpha value is -2.22. The number of likely N-dealkylation sites (tertiary alicyclic amines) is 1. The van der Waals surface area contributed by atoms with Gasteiger partial charge in [-0.05, 0) is 50.5 Å². The smallest absolute Gasteiger partial charge is 0.309 e. The van der Waals surface area contributed by atoms with Crippen LogP contribution in [0.2, 0.25) is 0 Å². The minimum absolute atomic E-state index is 0.00707. The lowest BCUT2D eigenvalue weighted by molar-refractivity contribution is -0.151. The minimum Gasteiger partial charge on any atom is -0.466 e. The van der Waals surface area contributed by atoms with E-state index in [-0.39, 0.29) is 29.9 Å². The van der Waals surface area contributed by atoms with E-state index in [1.807, 2.05) is 0 Å². The van der Waals surface area contributed by atoms with Crippen LogP contribution < -0.4 is 5.56 Å². The van der Waals surface area contributed by atoms with E-state index in [4.69, 9.17) is 4.74 Å². The molecule has 0 spiro atoms. The molecule has 0 N–H and O–H groups in total. The van der Waals surface area contributed by atoms with Gasteiger partial charge in [-0.3, -0.25) is 19.0 Å². The number of carbonyl (C=O) groups is 2. The van der Waals surface area contributed by atoms with Gasteiger partial charge in [0.05, 0.1) is 24.2 Å². The zero-order valence-electron chi connectivity index (χ0n) is 17.0. The van der Waals surface area contributed by atoms with Crippen LogP contribution in [0.15, 0.2) is 11.1 Å². The molecule has 0 bridgehead atoms. The molecular formula is C21H27N3O4S. The zero-order valence-corrected chi connectivity index (χ0v) is 17.8. The molecule has 2 aromatic heterocycles. The largest absolute Gasteiger partial charge is 0.466 e. The third kappa shape index (κ3) is 3.95. The molecule has 0 saturated carbocycles. The van der Waals surface area contributed by atoms with Gasteiger partial charge in [0, 0.05) is 18.0 Å². The standard InChI is InChI=1S/C21H27N3O4S/c1-3-28-21(27)14-6-8-23(9-7-14)17(25)11-24-12-22-19-18(20(24)26)15-5-4-13(2)10-16(15)29-19/h12-14H,3-11H2,1-2H3/t13-/m1/s1. The number of aryl methyl sites for hydroxylation is 1. The fraction of sp³-hybridized carbons (Fsp3) is 0.619. The van der Waals surface area contributed by atoms with Crippen LogP contribution in [0, 0.1) is 11.8 Å². The highest BCUT2D eigenvalue weighted by Crippen LogP contribution is 2.35. The summed E-state index contributed by atoms with van der Waals surface area (Å²) in [5.74, 6) is 0.214. The van der Waals surface area contributed by atoms with E-state index in [2.05, 4.69) is 11.9 Å². The van der Waals surface area contributed by atoms with Gasteiger partial charge in [-0.2, -0.15) is 0 Å². The van der Waals surface area contributed by atoms with Crippen molar-refractivity contribution in [3.05, 3.63) is 27.1 Å². The topological polar surface area (TPSA) is 81.5 Å². The number of ether oxygens (including phenoxy) is 1. The quantitative estimate of drug-likeness (QED) is 0.714. The highest BCUT2D eigenvalue weighted by molar-refractivity contribution is 7.18. The lowest BCUT2D eigenvalue weighted by Gasteiger charge is -2.31. The summed E-state index contributed by atoms with van der Waals surface area (Å²) in [5, 5.41) is 0.702. The van der Waals surface area contributed by atoms with Gasteiger partial charge in [-0.25, -0.2) is 4.98 Å². The first-order valence-corrected chi connectivity index (χ1v) is 11.2. The number of rotatable bonds is 4. The van der Waals surface area contributed by atoms with Crippen molar-refractivity contribution in [1.82, 2.24) is 14.5 Å². The summed E-state index contributed by atoms with van der Waals surface area (Å²) in [5.41, 5.74) is 1.02. The number of piperidine rings is 1. The molecule has 29 heavy (non-hydrogen) atoms. The molecule has 1 atom stereocenters. The number of hydrogen-bond donors (Lipinski definition) is 0. The van der Waals surface area contributed by atoms with Gasteiger partial charge in [0.2, 0.25) is 5.91 Å². The predicted molar refractivity (Wildman–Crippen MR) is 111 cm³/mol. The van der Waals surface area contributed by atoms with Crippen LogP contribution in [0.25, 0.3) is 10.2 Å². The molecule has 8 heteroatoms. The van der Waals surface area contributed by atoms with E-state index >= 15 is 0 Å². The summed E-state index contributed by atoms with van der Waals surface area (Å²) in [4.78, 5) is 46.0. The summed E-state index contributed by atoms with van der Waals surface area (Å²) in [6.07, 6.45) is 5.71. The van der Waals surface area contributed by atoms with Crippen LogP contribution in [-0.2, 0) is 33.7 Å². The molecule has 1 amide bonds. The Balaban J connectivity index is 1.47. The molecule has 3 heterocycles. The lowest BCUT2D eigenvalue weighted by atomic mass is 9.89. The van der Waals surface area contributed by atoms with Crippen molar-refractivity contribution < 1.29 is 14.3 Å². The number of esters is 1. The third-order valence-corrected chi connectivity index (χ3v) is 7.22. The average Bonchev–Trinajstić information content (AvgIpc) is 3.08. The Morgan fingerprint density at radius 1 is 1.28 bits per heavy atom. The van der Waals surface area contributed by atoms with Crippen molar-refractivity contribution in [2.45, 2.75) is 52.5 Å². The number of amides is 1. The van der Waals surface area contributed by atoms with E-state index < -0.39 is 0 Å². The molecule has 2 aromatic rings. The molecule has 1 aliphatic heterocycles. The molecule has 1 saturated heterocycles. The van der Waals surface area contributed by atoms with Gasteiger partial charge in [0.15, 0.2) is 0 Å². The fourth-order valence-corrected chi connectivity index (χ4v) is 5.69. The molecule has 2 aliphatic rings. The number of thiophene rings is 1. The predicted octanol–water partition coefficient (Wildman–Crippen LogP) is 2.38. The Morgan fingerprint density at radius 3 is 2.76 bits per heavy atom. The van der Waals surface area contributed by atoms with Gasteiger partial charge in [-0.1, -0.05) is 6.92 Å². The first kappa shape index (κ1) is 20.1. The maximum atomic E-state index is 13.1. The second kappa shape index (κ2) is 8.26. The monoisotopic (exact) mass is 417 g/mol. The Labute approximate surface area is 173 Å². The molecule has 1 aliphatic carbocycles. The van der Waals surface area contributed by atoms with Crippen LogP contribution in [0.5, 0.6) is 0 Å². The van der Waals surface area contributed by atoms with Crippen molar-refractivity contribution in [1.29, 1.82) is 0 Å². The first-order chi connectivity index (χ1) is 14.0. The van der Waals surface area contributed by atoms with Crippen molar-refractivity contribution in [3.8, 4) is 0 Å². The summed E-state index contributed by atoms with van der Waals surface area (Å²) in [7, 11) is 0. The van der Waals surface area contributed by atoms with Crippen LogP contribution >= 0.6 is 11.3 Å². The number of carbonyl (C=O) groups excluding carboxylic acids is 2. The SMILES string of the molecule is CCOC(=O)C1CCN(C(=O)Cn2cnc3sc4c(c3c2=O)CC[C@@H](C)C4)CC1. The maximum absolute atomic E-state index is 13.1. The molecule has 1 fully saturated rings. The van der Waals surface area contributed by atoms with E-state index in [1.165, 1.54) is 15.8 Å². The van der Waals surface area contributed by atoms with Crippen molar-refractivity contribution in [2.75, 3.05) is 19.7 Å². The molecule has 7 nitrogen and oxygen atoms in total. The number of fused-ring (bicyclic) bond motifs is 3. The van der Waals surface area contributed by atoms with Crippen LogP contribution in [0.4, 0.5) is 0 Å². The first-order valence-electron chi connectivity index (χ1n) is 10.4. The molecule has 156 valence electrons. The summed E-state index contributed by atoms with van der Waals surface area (Å²) >= 11 is 1.62. The van der Waals surface area contributed by atoms with Gasteiger partial charge in [0.25, 0.3) is 5.56 Å². The number of hydrogen-bond acceptors (Lipinski definition) is 6. The van der Waals surface area contributed by atoms with E-state index in [9.17, 15) is 14.4 Å². The average molecular weight is 418 g/mol. The minimum atomic E-state index is -0.179. The molecule has 0 radical (unpaired) electrons. The fourth-order valence-electron chi connectivity index (χ4n) is 4.35. The van der Waals surface area contributed by atoms with Gasteiger partial charge < -0.3 is 9.64 Å². The summed E-state index contributed by atoms with van der Waals surface area (Å²) in [6, 6.07) is 0. The van der Waals surface area contributed by atoms with E-state index in [0.29, 0.717) is 43.8 Å². The van der Waals surface area contributed by atoms with Crippen LogP contribution in [0.1, 0.15) is 43.6 Å². The van der Waals surface area contributed by atoms with Gasteiger partial charge in [-0.15, -0.1) is 11.3 Å².